The molecule has 2 aliphatic carbocycles. The number of hydrogen-bond acceptors (Lipinski definition) is 10. The van der Waals surface area contributed by atoms with Crippen LogP contribution in [0.15, 0.2) is 53.5 Å². The number of nitrogens with zero attached hydrogens (tertiary/aromatic N) is 2. The number of carbonyl (C=O) groups is 4. The minimum absolute atomic E-state index is 0.0303. The first-order chi connectivity index (χ1) is 26.6. The van der Waals surface area contributed by atoms with E-state index >= 15 is 0 Å². The molecule has 3 amide bonds. The van der Waals surface area contributed by atoms with E-state index in [2.05, 4.69) is 16.6 Å². The number of pyridine rings is 1. The number of aromatic nitrogens is 1. The number of nitrogens with one attached hydrogen (secondary N) is 2. The minimum atomic E-state index is -3.93. The van der Waals surface area contributed by atoms with Crippen molar-refractivity contribution in [2.24, 2.45) is 17.3 Å². The molecule has 0 unspecified atom stereocenters. The second kappa shape index (κ2) is 14.5. The summed E-state index contributed by atoms with van der Waals surface area (Å²) in [6.45, 7) is 14.4. The standard InChI is InChI=1S/C41H46Cl2N4O9S/c1-8-21-19-41(21,38(51)46-57(52,53)25-11-12-25)45-35(49)30-17-24(20-47(30)37(50)29(39(2,3)4)18-32(48)56-40(5,6)7)54-36-27-15-22(42)9-13-26(27)34-33(44-36)28-16-23(43)10-14-31(28)55-34/h8-10,13-16,21,24-25,29-30H,1,11-12,17-20H2,2-7H3,(H,45,49)(H,46,51)/t21-,24-,29-,30+,41-/m1/s1. The topological polar surface area (TPSA) is 174 Å². The summed E-state index contributed by atoms with van der Waals surface area (Å²) in [4.78, 5) is 62.2. The Morgan fingerprint density at radius 1 is 1.04 bits per heavy atom. The Kier molecular flexibility index (Phi) is 10.3. The van der Waals surface area contributed by atoms with Crippen LogP contribution in [-0.2, 0) is 33.9 Å². The second-order valence-corrected chi connectivity index (χ2v) is 20.2. The molecule has 16 heteroatoms. The molecule has 0 bridgehead atoms. The zero-order chi connectivity index (χ0) is 41.4. The Morgan fingerprint density at radius 2 is 1.70 bits per heavy atom. The third kappa shape index (κ3) is 8.18. The molecule has 2 saturated carbocycles. The van der Waals surface area contributed by atoms with Gasteiger partial charge in [-0.25, -0.2) is 13.4 Å². The van der Waals surface area contributed by atoms with Gasteiger partial charge in [0.05, 0.1) is 24.1 Å². The van der Waals surface area contributed by atoms with Crippen molar-refractivity contribution in [3.05, 3.63) is 59.1 Å². The van der Waals surface area contributed by atoms with Crippen LogP contribution >= 0.6 is 23.2 Å². The van der Waals surface area contributed by atoms with E-state index in [0.717, 1.165) is 0 Å². The molecule has 5 atom stereocenters. The monoisotopic (exact) mass is 840 g/mol. The summed E-state index contributed by atoms with van der Waals surface area (Å²) in [5, 5.41) is 4.89. The van der Waals surface area contributed by atoms with Crippen LogP contribution < -0.4 is 14.8 Å². The first-order valence-corrected chi connectivity index (χ1v) is 21.2. The number of esters is 1. The van der Waals surface area contributed by atoms with E-state index in [9.17, 15) is 27.6 Å². The number of ether oxygens (including phenoxy) is 2. The third-order valence-corrected chi connectivity index (χ3v) is 13.1. The molecule has 2 aromatic heterocycles. The van der Waals surface area contributed by atoms with Crippen LogP contribution in [0.3, 0.4) is 0 Å². The second-order valence-electron chi connectivity index (χ2n) is 17.4. The van der Waals surface area contributed by atoms with Gasteiger partial charge in [-0.2, -0.15) is 0 Å². The van der Waals surface area contributed by atoms with Crippen LogP contribution in [0.2, 0.25) is 10.0 Å². The maximum Gasteiger partial charge on any atom is 0.307 e. The summed E-state index contributed by atoms with van der Waals surface area (Å²) in [5.41, 5.74) is -1.59. The van der Waals surface area contributed by atoms with Crippen LogP contribution in [0.5, 0.6) is 5.88 Å². The molecule has 3 aliphatic rings. The summed E-state index contributed by atoms with van der Waals surface area (Å²) in [6.07, 6.45) is 1.41. The highest BCUT2D eigenvalue weighted by Gasteiger charge is 2.62. The minimum Gasteiger partial charge on any atom is -0.472 e. The molecule has 304 valence electrons. The van der Waals surface area contributed by atoms with Crippen LogP contribution in [0, 0.1) is 17.3 Å². The molecule has 7 rings (SSSR count). The largest absolute Gasteiger partial charge is 0.472 e. The normalized spacial score (nSPS) is 23.0. The van der Waals surface area contributed by atoms with E-state index in [1.54, 1.807) is 57.2 Å². The highest BCUT2D eigenvalue weighted by molar-refractivity contribution is 7.91. The number of benzene rings is 2. The molecule has 0 spiro atoms. The number of likely N-dealkylation sites (tertiary alicyclic amines) is 1. The number of halogens is 2. The highest BCUT2D eigenvalue weighted by Crippen LogP contribution is 2.46. The zero-order valence-corrected chi connectivity index (χ0v) is 34.9. The molecule has 0 radical (unpaired) electrons. The van der Waals surface area contributed by atoms with Crippen molar-refractivity contribution in [3.63, 3.8) is 0 Å². The molecule has 1 aliphatic heterocycles. The first-order valence-electron chi connectivity index (χ1n) is 18.9. The molecule has 3 heterocycles. The van der Waals surface area contributed by atoms with Gasteiger partial charge < -0.3 is 24.1 Å². The van der Waals surface area contributed by atoms with Crippen molar-refractivity contribution >= 4 is 89.8 Å². The Morgan fingerprint density at radius 3 is 2.32 bits per heavy atom. The Labute approximate surface area is 340 Å². The lowest BCUT2D eigenvalue weighted by molar-refractivity contribution is -0.161. The van der Waals surface area contributed by atoms with Crippen LogP contribution in [0.4, 0.5) is 0 Å². The average Bonchev–Trinajstić information content (AvgIpc) is 4.01. The Hall–Kier alpha value is -4.40. The van der Waals surface area contributed by atoms with Crippen molar-refractivity contribution in [2.75, 3.05) is 6.54 Å². The molecular formula is C41H46Cl2N4O9S. The fourth-order valence-electron chi connectivity index (χ4n) is 7.56. The summed E-state index contributed by atoms with van der Waals surface area (Å²) >= 11 is 12.8. The first kappa shape index (κ1) is 40.8. The van der Waals surface area contributed by atoms with Crippen LogP contribution in [-0.4, -0.2) is 77.1 Å². The number of rotatable bonds is 11. The zero-order valence-electron chi connectivity index (χ0n) is 32.6. The number of furan rings is 1. The van der Waals surface area contributed by atoms with Crippen molar-refractivity contribution in [2.45, 2.75) is 102 Å². The lowest BCUT2D eigenvalue weighted by Crippen LogP contribution is -2.57. The van der Waals surface area contributed by atoms with Gasteiger partial charge in [0.1, 0.15) is 34.4 Å². The van der Waals surface area contributed by atoms with Crippen molar-refractivity contribution in [3.8, 4) is 5.88 Å². The van der Waals surface area contributed by atoms with E-state index in [4.69, 9.17) is 42.1 Å². The highest BCUT2D eigenvalue weighted by atomic mass is 35.5. The van der Waals surface area contributed by atoms with E-state index in [-0.39, 0.29) is 31.7 Å². The van der Waals surface area contributed by atoms with Gasteiger partial charge in [0.2, 0.25) is 27.7 Å². The van der Waals surface area contributed by atoms with Gasteiger partial charge in [0, 0.05) is 38.5 Å². The number of sulfonamides is 1. The predicted molar refractivity (Wildman–Crippen MR) is 216 cm³/mol. The molecule has 3 fully saturated rings. The van der Waals surface area contributed by atoms with Crippen molar-refractivity contribution < 1.29 is 41.5 Å². The maximum atomic E-state index is 14.7. The lowest BCUT2D eigenvalue weighted by atomic mass is 9.77. The molecule has 1 saturated heterocycles. The SMILES string of the molecule is C=C[C@@H]1C[C@]1(NC(=O)[C@@H]1C[C@@H](Oc2nc3c4cc(Cl)ccc4oc3c3ccc(Cl)cc23)CN1C(=O)[C@@H](CC(=O)OC(C)(C)C)C(C)(C)C)C(=O)NS(=O)(=O)C1CC1. The fraction of sp³-hybridized carbons (Fsp3) is 0.488. The van der Waals surface area contributed by atoms with Crippen LogP contribution in [0.25, 0.3) is 32.8 Å². The average molecular weight is 842 g/mol. The number of amides is 3. The number of fused-ring (bicyclic) bond motifs is 5. The van der Waals surface area contributed by atoms with Crippen LogP contribution in [0.1, 0.15) is 73.6 Å². The Bertz CT molecular complexity index is 2450. The van der Waals surface area contributed by atoms with Gasteiger partial charge in [0.25, 0.3) is 5.91 Å². The molecule has 13 nitrogen and oxygen atoms in total. The third-order valence-electron chi connectivity index (χ3n) is 10.8. The Balaban J connectivity index is 1.25. The summed E-state index contributed by atoms with van der Waals surface area (Å²) < 4.78 is 46.1. The molecule has 2 aromatic carbocycles. The molecule has 2 N–H and O–H groups in total. The number of hydrogen-bond donors (Lipinski definition) is 2. The molecule has 57 heavy (non-hydrogen) atoms. The van der Waals surface area contributed by atoms with E-state index in [1.807, 2.05) is 20.8 Å². The quantitative estimate of drug-likeness (QED) is 0.120. The fourth-order valence-corrected chi connectivity index (χ4v) is 9.27. The van der Waals surface area contributed by atoms with E-state index in [0.29, 0.717) is 55.7 Å². The van der Waals surface area contributed by atoms with Crippen molar-refractivity contribution in [1.82, 2.24) is 19.9 Å². The summed E-state index contributed by atoms with van der Waals surface area (Å²) in [7, 11) is -3.93. The summed E-state index contributed by atoms with van der Waals surface area (Å²) in [5.74, 6) is -3.89. The molecule has 4 aromatic rings. The van der Waals surface area contributed by atoms with Gasteiger partial charge >= 0.3 is 5.97 Å². The van der Waals surface area contributed by atoms with Gasteiger partial charge in [-0.3, -0.25) is 23.9 Å². The van der Waals surface area contributed by atoms with E-state index in [1.165, 1.54) is 11.0 Å². The molecular weight excluding hydrogens is 795 g/mol. The smallest absolute Gasteiger partial charge is 0.307 e. The summed E-state index contributed by atoms with van der Waals surface area (Å²) in [6, 6.07) is 9.22. The van der Waals surface area contributed by atoms with E-state index < -0.39 is 79.5 Å². The predicted octanol–water partition coefficient (Wildman–Crippen LogP) is 6.85. The maximum absolute atomic E-state index is 14.7. The van der Waals surface area contributed by atoms with Crippen molar-refractivity contribution in [1.29, 1.82) is 0 Å². The van der Waals surface area contributed by atoms with Gasteiger partial charge in [-0.1, -0.05) is 50.0 Å². The van der Waals surface area contributed by atoms with Gasteiger partial charge in [0.15, 0.2) is 5.58 Å². The number of carbonyl (C=O) groups excluding carboxylic acids is 4. The van der Waals surface area contributed by atoms with Gasteiger partial charge in [-0.15, -0.1) is 6.58 Å². The van der Waals surface area contributed by atoms with Gasteiger partial charge in [-0.05, 0) is 81.8 Å². The lowest BCUT2D eigenvalue weighted by Gasteiger charge is -2.35.